The van der Waals surface area contributed by atoms with E-state index < -0.39 is 11.5 Å². The lowest BCUT2D eigenvalue weighted by Crippen LogP contribution is -2.44. The van der Waals surface area contributed by atoms with Gasteiger partial charge in [0.15, 0.2) is 5.65 Å². The molecule has 0 atom stereocenters. The summed E-state index contributed by atoms with van der Waals surface area (Å²) < 4.78 is 7.34. The highest BCUT2D eigenvalue weighted by atomic mass is 16.5. The maximum absolute atomic E-state index is 14.2. The molecule has 0 unspecified atom stereocenters. The van der Waals surface area contributed by atoms with Gasteiger partial charge in [0.2, 0.25) is 11.9 Å². The zero-order valence-electron chi connectivity index (χ0n) is 24.5. The van der Waals surface area contributed by atoms with Crippen molar-refractivity contribution in [2.75, 3.05) is 51.0 Å². The number of nitrogens with zero attached hydrogens (tertiary/aromatic N) is 6. The number of carbonyl (C=O) groups is 1. The van der Waals surface area contributed by atoms with E-state index in [4.69, 9.17) is 21.2 Å². The van der Waals surface area contributed by atoms with Crippen molar-refractivity contribution in [3.05, 3.63) is 94.8 Å². The molecule has 0 aliphatic carbocycles. The summed E-state index contributed by atoms with van der Waals surface area (Å²) in [6.07, 6.45) is 2.80. The van der Waals surface area contributed by atoms with Crippen molar-refractivity contribution in [2.45, 2.75) is 0 Å². The fourth-order valence-corrected chi connectivity index (χ4v) is 5.42. The normalized spacial score (nSPS) is 13.9. The van der Waals surface area contributed by atoms with Gasteiger partial charge in [0.25, 0.3) is 5.56 Å². The third-order valence-electron chi connectivity index (χ3n) is 7.68. The van der Waals surface area contributed by atoms with Gasteiger partial charge in [-0.2, -0.15) is 4.98 Å². The van der Waals surface area contributed by atoms with Crippen molar-refractivity contribution >= 4 is 34.8 Å². The number of rotatable bonds is 7. The van der Waals surface area contributed by atoms with Crippen LogP contribution in [0.25, 0.3) is 45.4 Å². The van der Waals surface area contributed by atoms with Crippen molar-refractivity contribution in [1.29, 1.82) is 0 Å². The summed E-state index contributed by atoms with van der Waals surface area (Å²) in [5.74, 6) is -0.0608. The number of nitrogens with two attached hydrogens (primary N) is 2. The highest BCUT2D eigenvalue weighted by Gasteiger charge is 2.23. The monoisotopic (exact) mass is 588 g/mol. The van der Waals surface area contributed by atoms with E-state index in [0.29, 0.717) is 39.3 Å². The van der Waals surface area contributed by atoms with E-state index in [1.165, 1.54) is 10.6 Å². The molecule has 6 rings (SSSR count). The Morgan fingerprint density at radius 1 is 0.909 bits per heavy atom. The molecule has 11 nitrogen and oxygen atoms in total. The lowest BCUT2D eigenvalue weighted by Gasteiger charge is -2.34. The molecule has 3 aromatic carbocycles. The molecule has 1 fully saturated rings. The first-order chi connectivity index (χ1) is 21.3. The van der Waals surface area contributed by atoms with E-state index in [-0.39, 0.29) is 17.3 Å². The zero-order valence-corrected chi connectivity index (χ0v) is 24.5. The topological polar surface area (TPSA) is 145 Å². The number of carbonyl (C=O) groups excluding carboxylic acids is 1. The molecule has 0 saturated carbocycles. The average molecular weight is 589 g/mol. The lowest BCUT2D eigenvalue weighted by molar-refractivity contribution is -0.113. The molecule has 4 N–H and O–H groups in total. The van der Waals surface area contributed by atoms with Gasteiger partial charge in [-0.25, -0.2) is 9.97 Å². The van der Waals surface area contributed by atoms with Crippen molar-refractivity contribution in [1.82, 2.24) is 24.4 Å². The van der Waals surface area contributed by atoms with Gasteiger partial charge in [0, 0.05) is 55.1 Å². The maximum atomic E-state index is 14.2. The molecular formula is C33H32N8O3. The van der Waals surface area contributed by atoms with Crippen LogP contribution >= 0.6 is 0 Å². The van der Waals surface area contributed by atoms with E-state index in [1.807, 2.05) is 48.5 Å². The van der Waals surface area contributed by atoms with Crippen LogP contribution in [-0.4, -0.2) is 70.7 Å². The van der Waals surface area contributed by atoms with Crippen LogP contribution in [0.3, 0.4) is 0 Å². The molecule has 0 bridgehead atoms. The molecule has 3 heterocycles. The Bertz CT molecular complexity index is 1950. The van der Waals surface area contributed by atoms with Crippen LogP contribution in [0, 0.1) is 0 Å². The second kappa shape index (κ2) is 12.0. The molecular weight excluding hydrogens is 556 g/mol. The number of nitrogen functional groups attached to an aromatic ring is 1. The number of ether oxygens (including phenoxy) is 1. The Hall–Kier alpha value is -5.55. The fraction of sp³-hybridized carbons (Fsp3) is 0.182. The first-order valence-corrected chi connectivity index (χ1v) is 14.2. The highest BCUT2D eigenvalue weighted by molar-refractivity contribution is 5.94. The Kier molecular flexibility index (Phi) is 7.78. The van der Waals surface area contributed by atoms with Crippen LogP contribution in [0.4, 0.5) is 11.6 Å². The van der Waals surface area contributed by atoms with Crippen LogP contribution in [0.1, 0.15) is 5.56 Å². The minimum atomic E-state index is -0.613. The van der Waals surface area contributed by atoms with Gasteiger partial charge < -0.3 is 26.0 Å². The molecule has 1 amide bonds. The summed E-state index contributed by atoms with van der Waals surface area (Å²) in [6, 6.07) is 22.3. The van der Waals surface area contributed by atoms with Crippen LogP contribution in [0.2, 0.25) is 0 Å². The number of piperazine rings is 1. The summed E-state index contributed by atoms with van der Waals surface area (Å²) >= 11 is 0. The molecule has 1 aliphatic heterocycles. The number of hydrogen-bond acceptors (Lipinski definition) is 9. The third-order valence-corrected chi connectivity index (χ3v) is 7.68. The van der Waals surface area contributed by atoms with Gasteiger partial charge >= 0.3 is 0 Å². The van der Waals surface area contributed by atoms with Crippen LogP contribution in [0.5, 0.6) is 5.75 Å². The summed E-state index contributed by atoms with van der Waals surface area (Å²) in [7, 11) is 3.73. The van der Waals surface area contributed by atoms with Crippen LogP contribution < -0.4 is 26.7 Å². The average Bonchev–Trinajstić information content (AvgIpc) is 3.04. The van der Waals surface area contributed by atoms with Gasteiger partial charge in [0.1, 0.15) is 22.7 Å². The second-order valence-corrected chi connectivity index (χ2v) is 10.5. The quantitative estimate of drug-likeness (QED) is 0.273. The number of methoxy groups -OCH3 is 1. The Labute approximate surface area is 254 Å². The van der Waals surface area contributed by atoms with Gasteiger partial charge in [-0.05, 0) is 36.9 Å². The number of benzene rings is 3. The third kappa shape index (κ3) is 5.48. The number of anilines is 2. The molecule has 5 aromatic rings. The summed E-state index contributed by atoms with van der Waals surface area (Å²) in [5, 5.41) is 0. The van der Waals surface area contributed by atoms with Gasteiger partial charge in [-0.1, -0.05) is 48.5 Å². The number of aromatic nitrogens is 4. The Balaban J connectivity index is 1.63. The maximum Gasteiger partial charge on any atom is 0.283 e. The Morgan fingerprint density at radius 3 is 2.36 bits per heavy atom. The number of para-hydroxylation sites is 1. The van der Waals surface area contributed by atoms with Crippen molar-refractivity contribution in [3.63, 3.8) is 0 Å². The van der Waals surface area contributed by atoms with E-state index in [1.54, 1.807) is 37.5 Å². The highest BCUT2D eigenvalue weighted by Crippen LogP contribution is 2.37. The molecule has 11 heteroatoms. The molecule has 222 valence electrons. The first-order valence-electron chi connectivity index (χ1n) is 14.2. The minimum Gasteiger partial charge on any atom is -0.496 e. The largest absolute Gasteiger partial charge is 0.496 e. The minimum absolute atomic E-state index is 0.0368. The predicted molar refractivity (Wildman–Crippen MR) is 173 cm³/mol. The summed E-state index contributed by atoms with van der Waals surface area (Å²) in [6.45, 7) is 3.74. The van der Waals surface area contributed by atoms with E-state index in [0.717, 1.165) is 31.9 Å². The molecule has 44 heavy (non-hydrogen) atoms. The predicted octanol–water partition coefficient (Wildman–Crippen LogP) is 3.35. The fourth-order valence-electron chi connectivity index (χ4n) is 5.42. The summed E-state index contributed by atoms with van der Waals surface area (Å²) in [5.41, 5.74) is 15.8. The molecule has 1 aliphatic rings. The number of likely N-dealkylation sites (N-methyl/N-ethyl adjacent to an activating group) is 1. The van der Waals surface area contributed by atoms with E-state index in [9.17, 15) is 9.59 Å². The first kappa shape index (κ1) is 28.6. The van der Waals surface area contributed by atoms with Gasteiger partial charge in [-0.15, -0.1) is 0 Å². The SMILES string of the molecule is COc1cc(N2CCN(C)CC2)ccc1-c1nc(N)nc2c1nc(-c1ccccc1)c(=O)n2-c1ccccc1C=CC(N)=O. The number of amides is 1. The van der Waals surface area contributed by atoms with Gasteiger partial charge in [-0.3, -0.25) is 14.2 Å². The Morgan fingerprint density at radius 2 is 1.64 bits per heavy atom. The molecule has 2 aromatic heterocycles. The van der Waals surface area contributed by atoms with Crippen LogP contribution in [0.15, 0.2) is 83.7 Å². The summed E-state index contributed by atoms with van der Waals surface area (Å²) in [4.78, 5) is 44.5. The second-order valence-electron chi connectivity index (χ2n) is 10.5. The molecule has 0 radical (unpaired) electrons. The van der Waals surface area contributed by atoms with Gasteiger partial charge in [0.05, 0.1) is 12.8 Å². The van der Waals surface area contributed by atoms with Crippen molar-refractivity contribution < 1.29 is 9.53 Å². The van der Waals surface area contributed by atoms with Crippen molar-refractivity contribution in [2.24, 2.45) is 5.73 Å². The smallest absolute Gasteiger partial charge is 0.283 e. The lowest BCUT2D eigenvalue weighted by atomic mass is 10.1. The molecule has 0 spiro atoms. The van der Waals surface area contributed by atoms with Crippen molar-refractivity contribution in [3.8, 4) is 34.0 Å². The van der Waals surface area contributed by atoms with E-state index >= 15 is 0 Å². The van der Waals surface area contributed by atoms with Crippen LogP contribution in [-0.2, 0) is 4.79 Å². The standard InChI is InChI=1S/C33H32N8O3/c1-39-16-18-40(19-17-39)23-13-14-24(26(20-23)44-2)29-30-31(38-33(35)37-29)41(25-11-7-6-8-21(25)12-15-27(34)42)32(43)28(36-30)22-9-4-3-5-10-22/h3-15,20H,16-19H2,1-2H3,(H2,34,42)(H2,35,37,38). The zero-order chi connectivity index (χ0) is 30.8. The number of primary amides is 1. The number of fused-ring (bicyclic) bond motifs is 1. The molecule has 1 saturated heterocycles. The van der Waals surface area contributed by atoms with E-state index in [2.05, 4.69) is 26.8 Å². The number of hydrogen-bond donors (Lipinski definition) is 2.